The van der Waals surface area contributed by atoms with Gasteiger partial charge in [0.2, 0.25) is 0 Å². The van der Waals surface area contributed by atoms with Crippen LogP contribution in [0.1, 0.15) is 18.1 Å². The van der Waals surface area contributed by atoms with E-state index in [-0.39, 0.29) is 0 Å². The van der Waals surface area contributed by atoms with Crippen LogP contribution in [-0.2, 0) is 13.1 Å². The molecule has 2 aromatic carbocycles. The first-order chi connectivity index (χ1) is 8.38. The lowest BCUT2D eigenvalue weighted by Gasteiger charge is -2.11. The highest BCUT2D eigenvalue weighted by atomic mass is 15.1. The second-order valence-electron chi connectivity index (χ2n) is 4.61. The first-order valence-electron chi connectivity index (χ1n) is 6.27. The Morgan fingerprint density at radius 2 is 1.76 bits per heavy atom. The van der Waals surface area contributed by atoms with Gasteiger partial charge in [0, 0.05) is 13.1 Å². The van der Waals surface area contributed by atoms with Crippen LogP contribution in [0.3, 0.4) is 0 Å². The van der Waals surface area contributed by atoms with Crippen LogP contribution in [0.2, 0.25) is 0 Å². The van der Waals surface area contributed by atoms with Gasteiger partial charge >= 0.3 is 0 Å². The van der Waals surface area contributed by atoms with E-state index in [1.165, 1.54) is 22.3 Å². The molecule has 0 radical (unpaired) electrons. The number of benzene rings is 2. The van der Waals surface area contributed by atoms with Crippen LogP contribution in [0.5, 0.6) is 0 Å². The van der Waals surface area contributed by atoms with Crippen molar-refractivity contribution < 1.29 is 0 Å². The molecule has 1 aliphatic heterocycles. The third kappa shape index (κ3) is 1.87. The van der Waals surface area contributed by atoms with Crippen molar-refractivity contribution in [2.45, 2.75) is 20.0 Å². The van der Waals surface area contributed by atoms with Gasteiger partial charge in [-0.05, 0) is 28.8 Å². The van der Waals surface area contributed by atoms with Crippen molar-refractivity contribution in [1.82, 2.24) is 4.90 Å². The van der Waals surface area contributed by atoms with Gasteiger partial charge < -0.3 is 0 Å². The van der Waals surface area contributed by atoms with E-state index in [4.69, 9.17) is 0 Å². The summed E-state index contributed by atoms with van der Waals surface area (Å²) in [6.45, 7) is 5.56. The van der Waals surface area contributed by atoms with Crippen LogP contribution in [0.25, 0.3) is 11.1 Å². The van der Waals surface area contributed by atoms with Crippen molar-refractivity contribution in [2.24, 2.45) is 0 Å². The Kier molecular flexibility index (Phi) is 2.69. The molecule has 86 valence electrons. The van der Waals surface area contributed by atoms with Gasteiger partial charge in [0.1, 0.15) is 0 Å². The van der Waals surface area contributed by atoms with Crippen molar-refractivity contribution >= 4 is 0 Å². The molecule has 3 rings (SSSR count). The van der Waals surface area contributed by atoms with Crippen molar-refractivity contribution in [2.75, 3.05) is 6.54 Å². The third-order valence-electron chi connectivity index (χ3n) is 3.58. The van der Waals surface area contributed by atoms with Crippen LogP contribution < -0.4 is 0 Å². The summed E-state index contributed by atoms with van der Waals surface area (Å²) in [4.78, 5) is 2.48. The molecule has 0 N–H and O–H groups in total. The van der Waals surface area contributed by atoms with Crippen molar-refractivity contribution in [3.63, 3.8) is 0 Å². The van der Waals surface area contributed by atoms with Gasteiger partial charge in [-0.1, -0.05) is 55.5 Å². The monoisotopic (exact) mass is 223 g/mol. The predicted octanol–water partition coefficient (Wildman–Crippen LogP) is 3.69. The van der Waals surface area contributed by atoms with Crippen molar-refractivity contribution in [1.29, 1.82) is 0 Å². The molecule has 0 saturated carbocycles. The predicted molar refractivity (Wildman–Crippen MR) is 71.7 cm³/mol. The molecule has 0 atom stereocenters. The first kappa shape index (κ1) is 10.5. The summed E-state index contributed by atoms with van der Waals surface area (Å²) in [7, 11) is 0. The number of rotatable bonds is 2. The Balaban J connectivity index is 2.07. The molecule has 0 amide bonds. The second kappa shape index (κ2) is 4.34. The Morgan fingerprint density at radius 3 is 2.53 bits per heavy atom. The first-order valence-corrected chi connectivity index (χ1v) is 6.27. The normalized spacial score (nSPS) is 14.9. The molecule has 0 spiro atoms. The van der Waals surface area contributed by atoms with E-state index in [0.717, 1.165) is 19.6 Å². The summed E-state index contributed by atoms with van der Waals surface area (Å²) in [5.41, 5.74) is 5.75. The van der Waals surface area contributed by atoms with Crippen LogP contribution >= 0.6 is 0 Å². The Hall–Kier alpha value is -1.60. The molecule has 0 unspecified atom stereocenters. The van der Waals surface area contributed by atoms with E-state index in [0.29, 0.717) is 0 Å². The molecule has 0 aromatic heterocycles. The fourth-order valence-electron chi connectivity index (χ4n) is 2.60. The molecule has 2 aromatic rings. The summed E-state index contributed by atoms with van der Waals surface area (Å²) in [6, 6.07) is 17.4. The maximum absolute atomic E-state index is 2.48. The summed E-state index contributed by atoms with van der Waals surface area (Å²) >= 11 is 0. The fourth-order valence-corrected chi connectivity index (χ4v) is 2.60. The molecule has 1 nitrogen and oxygen atoms in total. The van der Waals surface area contributed by atoms with Gasteiger partial charge in [0.05, 0.1) is 0 Å². The quantitative estimate of drug-likeness (QED) is 0.750. The number of hydrogen-bond donors (Lipinski definition) is 0. The van der Waals surface area contributed by atoms with Gasteiger partial charge in [-0.3, -0.25) is 4.90 Å². The zero-order chi connectivity index (χ0) is 11.7. The largest absolute Gasteiger partial charge is 0.295 e. The Morgan fingerprint density at radius 1 is 0.941 bits per heavy atom. The van der Waals surface area contributed by atoms with Gasteiger partial charge in [-0.15, -0.1) is 0 Å². The van der Waals surface area contributed by atoms with E-state index >= 15 is 0 Å². The Bertz CT molecular complexity index is 516. The molecule has 0 bridgehead atoms. The van der Waals surface area contributed by atoms with Crippen LogP contribution in [0.15, 0.2) is 48.5 Å². The number of nitrogens with zero attached hydrogens (tertiary/aromatic N) is 1. The molecule has 0 saturated heterocycles. The smallest absolute Gasteiger partial charge is 0.0246 e. The van der Waals surface area contributed by atoms with Gasteiger partial charge in [0.15, 0.2) is 0 Å². The molecule has 1 heteroatoms. The zero-order valence-corrected chi connectivity index (χ0v) is 10.2. The topological polar surface area (TPSA) is 3.24 Å². The van der Waals surface area contributed by atoms with Crippen LogP contribution in [0, 0.1) is 0 Å². The summed E-state index contributed by atoms with van der Waals surface area (Å²) < 4.78 is 0. The maximum Gasteiger partial charge on any atom is 0.0246 e. The molecule has 17 heavy (non-hydrogen) atoms. The van der Waals surface area contributed by atoms with E-state index in [9.17, 15) is 0 Å². The van der Waals surface area contributed by atoms with Gasteiger partial charge in [0.25, 0.3) is 0 Å². The van der Waals surface area contributed by atoms with Crippen LogP contribution in [0.4, 0.5) is 0 Å². The maximum atomic E-state index is 2.48. The van der Waals surface area contributed by atoms with Gasteiger partial charge in [-0.25, -0.2) is 0 Å². The SMILES string of the molecule is CCN1Cc2cccc(-c3ccccc3)c2C1. The molecular formula is C16H17N. The van der Waals surface area contributed by atoms with E-state index in [1.807, 2.05) is 0 Å². The van der Waals surface area contributed by atoms with Gasteiger partial charge in [-0.2, -0.15) is 0 Å². The summed E-state index contributed by atoms with van der Waals surface area (Å²) in [5, 5.41) is 0. The van der Waals surface area contributed by atoms with E-state index < -0.39 is 0 Å². The Labute approximate surface area is 103 Å². The van der Waals surface area contributed by atoms with E-state index in [1.54, 1.807) is 0 Å². The summed E-state index contributed by atoms with van der Waals surface area (Å²) in [5.74, 6) is 0. The molecule has 0 aliphatic carbocycles. The lowest BCUT2D eigenvalue weighted by atomic mass is 9.97. The highest BCUT2D eigenvalue weighted by Gasteiger charge is 2.20. The van der Waals surface area contributed by atoms with Crippen molar-refractivity contribution in [3.8, 4) is 11.1 Å². The highest BCUT2D eigenvalue weighted by molar-refractivity contribution is 5.69. The molecular weight excluding hydrogens is 206 g/mol. The fraction of sp³-hybridized carbons (Fsp3) is 0.250. The van der Waals surface area contributed by atoms with Crippen LogP contribution in [-0.4, -0.2) is 11.4 Å². The average molecular weight is 223 g/mol. The lowest BCUT2D eigenvalue weighted by Crippen LogP contribution is -2.14. The highest BCUT2D eigenvalue weighted by Crippen LogP contribution is 2.32. The minimum Gasteiger partial charge on any atom is -0.295 e. The molecule has 1 aliphatic rings. The lowest BCUT2D eigenvalue weighted by molar-refractivity contribution is 0.301. The van der Waals surface area contributed by atoms with E-state index in [2.05, 4.69) is 60.4 Å². The summed E-state index contributed by atoms with van der Waals surface area (Å²) in [6.07, 6.45) is 0. The standard InChI is InChI=1S/C16H17N/c1-2-17-11-14-9-6-10-15(16(14)12-17)13-7-4-3-5-8-13/h3-10H,2,11-12H2,1H3. The number of fused-ring (bicyclic) bond motifs is 1. The third-order valence-corrected chi connectivity index (χ3v) is 3.58. The molecule has 0 fully saturated rings. The minimum atomic E-state index is 1.09. The average Bonchev–Trinajstić information content (AvgIpc) is 2.82. The second-order valence-corrected chi connectivity index (χ2v) is 4.61. The zero-order valence-electron chi connectivity index (χ0n) is 10.2. The number of hydrogen-bond acceptors (Lipinski definition) is 1. The molecule has 1 heterocycles. The minimum absolute atomic E-state index is 1.09. The van der Waals surface area contributed by atoms with Crippen molar-refractivity contribution in [3.05, 3.63) is 59.7 Å².